The number of ether oxygens (including phenoxy) is 1. The van der Waals surface area contributed by atoms with Gasteiger partial charge >= 0.3 is 0 Å². The van der Waals surface area contributed by atoms with Crippen molar-refractivity contribution >= 4 is 30.7 Å². The molecule has 4 rings (SSSR count). The second-order valence-electron chi connectivity index (χ2n) is 8.91. The summed E-state index contributed by atoms with van der Waals surface area (Å²) in [6, 6.07) is 10.7. The minimum Gasteiger partial charge on any atom is -0.378 e. The Hall–Kier alpha value is -0.850. The van der Waals surface area contributed by atoms with Gasteiger partial charge in [0.1, 0.15) is 0 Å². The Kier molecular flexibility index (Phi) is 10.4. The maximum absolute atomic E-state index is 12.5. The van der Waals surface area contributed by atoms with Crippen molar-refractivity contribution in [2.75, 3.05) is 26.2 Å². The highest BCUT2D eigenvalue weighted by Gasteiger charge is 2.48. The third-order valence-corrected chi connectivity index (χ3v) is 7.04. The van der Waals surface area contributed by atoms with E-state index in [-0.39, 0.29) is 42.7 Å². The number of likely N-dealkylation sites (tertiary alicyclic amines) is 1. The molecule has 2 saturated carbocycles. The zero-order chi connectivity index (χ0) is 19.3. The smallest absolute Gasteiger partial charge is 0.224 e. The third-order valence-electron chi connectivity index (χ3n) is 7.04. The molecule has 0 aromatic heterocycles. The van der Waals surface area contributed by atoms with Gasteiger partial charge in [0, 0.05) is 38.8 Å². The van der Waals surface area contributed by atoms with Gasteiger partial charge in [-0.3, -0.25) is 9.69 Å². The van der Waals surface area contributed by atoms with Crippen LogP contribution in [0.25, 0.3) is 0 Å². The Morgan fingerprint density at radius 1 is 1.07 bits per heavy atom. The quantitative estimate of drug-likeness (QED) is 0.586. The number of nitrogens with one attached hydrogen (secondary N) is 1. The number of fused-ring (bicyclic) bond motifs is 2. The van der Waals surface area contributed by atoms with E-state index in [0.29, 0.717) is 24.5 Å². The van der Waals surface area contributed by atoms with E-state index >= 15 is 0 Å². The Morgan fingerprint density at radius 2 is 1.77 bits per heavy atom. The second kappa shape index (κ2) is 12.3. The molecule has 30 heavy (non-hydrogen) atoms. The van der Waals surface area contributed by atoms with Crippen molar-refractivity contribution < 1.29 is 9.53 Å². The highest BCUT2D eigenvalue weighted by molar-refractivity contribution is 5.85. The highest BCUT2D eigenvalue weighted by atomic mass is 35.5. The van der Waals surface area contributed by atoms with E-state index in [1.807, 2.05) is 0 Å². The summed E-state index contributed by atoms with van der Waals surface area (Å²) in [5.41, 5.74) is 7.65. The zero-order valence-corrected chi connectivity index (χ0v) is 19.3. The number of hydrogen-bond acceptors (Lipinski definition) is 4. The molecule has 3 aliphatic rings. The Morgan fingerprint density at radius 3 is 2.43 bits per heavy atom. The summed E-state index contributed by atoms with van der Waals surface area (Å²) < 4.78 is 6.06. The minimum atomic E-state index is 0. The first kappa shape index (κ1) is 25.4. The molecule has 1 aromatic carbocycles. The fourth-order valence-electron chi connectivity index (χ4n) is 5.45. The molecule has 1 aliphatic heterocycles. The van der Waals surface area contributed by atoms with Gasteiger partial charge in [0.2, 0.25) is 5.91 Å². The number of piperidine rings is 1. The topological polar surface area (TPSA) is 67.6 Å². The highest BCUT2D eigenvalue weighted by Crippen LogP contribution is 2.47. The first-order chi connectivity index (χ1) is 13.7. The van der Waals surface area contributed by atoms with E-state index in [9.17, 15) is 4.79 Å². The lowest BCUT2D eigenvalue weighted by atomic mass is 9.84. The summed E-state index contributed by atoms with van der Waals surface area (Å²) in [7, 11) is 0. The van der Waals surface area contributed by atoms with Crippen LogP contribution in [0.3, 0.4) is 0 Å². The summed E-state index contributed by atoms with van der Waals surface area (Å²) >= 11 is 0. The van der Waals surface area contributed by atoms with Crippen LogP contribution in [0.5, 0.6) is 0 Å². The van der Waals surface area contributed by atoms with Crippen LogP contribution in [0.2, 0.25) is 0 Å². The molecular weight excluding hydrogens is 421 g/mol. The van der Waals surface area contributed by atoms with Crippen LogP contribution < -0.4 is 11.1 Å². The van der Waals surface area contributed by atoms with Crippen molar-refractivity contribution in [1.82, 2.24) is 10.2 Å². The van der Waals surface area contributed by atoms with Gasteiger partial charge in [-0.15, -0.1) is 24.8 Å². The van der Waals surface area contributed by atoms with Crippen molar-refractivity contribution in [2.24, 2.45) is 23.5 Å². The van der Waals surface area contributed by atoms with E-state index in [1.54, 1.807) is 0 Å². The predicted octanol–water partition coefficient (Wildman–Crippen LogP) is 3.39. The van der Waals surface area contributed by atoms with Gasteiger partial charge in [-0.25, -0.2) is 0 Å². The van der Waals surface area contributed by atoms with Gasteiger partial charge in [0.05, 0.1) is 12.0 Å². The van der Waals surface area contributed by atoms with E-state index in [2.05, 4.69) is 40.5 Å². The molecule has 3 N–H and O–H groups in total. The molecule has 3 fully saturated rings. The van der Waals surface area contributed by atoms with Crippen molar-refractivity contribution in [2.45, 2.75) is 57.2 Å². The lowest BCUT2D eigenvalue weighted by Crippen LogP contribution is -2.45. The van der Waals surface area contributed by atoms with E-state index in [1.165, 1.54) is 18.4 Å². The minimum absolute atomic E-state index is 0. The van der Waals surface area contributed by atoms with Crippen LogP contribution in [-0.2, 0) is 16.1 Å². The number of amides is 1. The van der Waals surface area contributed by atoms with Crippen molar-refractivity contribution in [3.05, 3.63) is 35.9 Å². The van der Waals surface area contributed by atoms with Crippen LogP contribution in [-0.4, -0.2) is 49.2 Å². The number of nitrogens with zero attached hydrogens (tertiary/aromatic N) is 1. The van der Waals surface area contributed by atoms with E-state index < -0.39 is 0 Å². The normalized spacial score (nSPS) is 28.6. The van der Waals surface area contributed by atoms with Crippen LogP contribution in [0.15, 0.2) is 30.3 Å². The number of hydrogen-bond donors (Lipinski definition) is 2. The van der Waals surface area contributed by atoms with Gasteiger partial charge in [-0.2, -0.15) is 0 Å². The fourth-order valence-corrected chi connectivity index (χ4v) is 5.45. The SMILES string of the molecule is Cl.Cl.NC1C2CCC(C2)C1C(=O)NCCCOC1CCN(Cc2ccccc2)CC1. The molecule has 1 heterocycles. The first-order valence-corrected chi connectivity index (χ1v) is 11.1. The standard InChI is InChI=1S/C23H35N3O2.2ClH/c24-22-19-8-7-18(15-19)21(22)23(27)25-11-4-14-28-20-9-12-26(13-10-20)16-17-5-2-1-3-6-17;;/h1-3,5-6,18-22H,4,7-16,24H2,(H,25,27);2*1H. The average Bonchev–Trinajstić information content (AvgIpc) is 3.31. The van der Waals surface area contributed by atoms with Crippen molar-refractivity contribution in [3.8, 4) is 0 Å². The lowest BCUT2D eigenvalue weighted by Gasteiger charge is -2.32. The molecular formula is C23H37Cl2N3O2. The van der Waals surface area contributed by atoms with Crippen LogP contribution in [0.4, 0.5) is 0 Å². The van der Waals surface area contributed by atoms with Gasteiger partial charge in [0.15, 0.2) is 0 Å². The van der Waals surface area contributed by atoms with Crippen molar-refractivity contribution in [1.29, 1.82) is 0 Å². The largest absolute Gasteiger partial charge is 0.378 e. The molecule has 4 unspecified atom stereocenters. The monoisotopic (exact) mass is 457 g/mol. The number of carbonyl (C=O) groups excluding carboxylic acids is 1. The van der Waals surface area contributed by atoms with Gasteiger partial charge in [-0.1, -0.05) is 30.3 Å². The Labute approximate surface area is 193 Å². The molecule has 1 amide bonds. The average molecular weight is 458 g/mol. The zero-order valence-electron chi connectivity index (χ0n) is 17.7. The fraction of sp³-hybridized carbons (Fsp3) is 0.696. The van der Waals surface area contributed by atoms with Gasteiger partial charge in [0.25, 0.3) is 0 Å². The predicted molar refractivity (Wildman–Crippen MR) is 125 cm³/mol. The number of benzene rings is 1. The molecule has 0 radical (unpaired) electrons. The summed E-state index contributed by atoms with van der Waals surface area (Å²) in [6.07, 6.45) is 6.99. The van der Waals surface area contributed by atoms with Crippen LogP contribution in [0, 0.1) is 17.8 Å². The Bertz CT molecular complexity index is 639. The maximum Gasteiger partial charge on any atom is 0.224 e. The maximum atomic E-state index is 12.5. The molecule has 7 heteroatoms. The number of carbonyl (C=O) groups is 1. The first-order valence-electron chi connectivity index (χ1n) is 11.1. The molecule has 4 atom stereocenters. The Balaban J connectivity index is 0.00000160. The van der Waals surface area contributed by atoms with Gasteiger partial charge < -0.3 is 15.8 Å². The lowest BCUT2D eigenvalue weighted by molar-refractivity contribution is -0.127. The second-order valence-corrected chi connectivity index (χ2v) is 8.91. The van der Waals surface area contributed by atoms with Crippen LogP contribution in [0.1, 0.15) is 44.1 Å². The van der Waals surface area contributed by atoms with Gasteiger partial charge in [-0.05, 0) is 55.9 Å². The summed E-state index contributed by atoms with van der Waals surface area (Å²) in [5.74, 6) is 1.33. The number of rotatable bonds is 8. The number of nitrogens with two attached hydrogens (primary N) is 1. The molecule has 1 aromatic rings. The summed E-state index contributed by atoms with van der Waals surface area (Å²) in [5, 5.41) is 3.10. The molecule has 5 nitrogen and oxygen atoms in total. The third kappa shape index (κ3) is 6.33. The molecule has 2 bridgehead atoms. The molecule has 1 saturated heterocycles. The van der Waals surface area contributed by atoms with Crippen molar-refractivity contribution in [3.63, 3.8) is 0 Å². The summed E-state index contributed by atoms with van der Waals surface area (Å²) in [4.78, 5) is 15.0. The molecule has 170 valence electrons. The molecule has 0 spiro atoms. The van der Waals surface area contributed by atoms with E-state index in [0.717, 1.165) is 51.9 Å². The van der Waals surface area contributed by atoms with E-state index in [4.69, 9.17) is 10.5 Å². The number of halogens is 2. The van der Waals surface area contributed by atoms with Crippen LogP contribution >= 0.6 is 24.8 Å². The molecule has 2 aliphatic carbocycles. The summed E-state index contributed by atoms with van der Waals surface area (Å²) in [6.45, 7) is 4.65.